The Hall–Kier alpha value is -0.380. The van der Waals surface area contributed by atoms with Gasteiger partial charge in [0.1, 0.15) is 5.72 Å². The molecule has 136 valence electrons. The van der Waals surface area contributed by atoms with Crippen molar-refractivity contribution < 1.29 is 18.6 Å². The molecule has 0 aromatic rings. The van der Waals surface area contributed by atoms with Gasteiger partial charge in [0.2, 0.25) is 7.37 Å². The van der Waals surface area contributed by atoms with Crippen molar-refractivity contribution in [2.75, 3.05) is 18.9 Å². The topological polar surface area (TPSA) is 78.6 Å². The number of hydrogen-bond acceptors (Lipinski definition) is 5. The lowest BCUT2D eigenvalue weighted by Crippen LogP contribution is -2.40. The van der Waals surface area contributed by atoms with Gasteiger partial charge in [-0.15, -0.1) is 0 Å². The van der Waals surface area contributed by atoms with E-state index in [0.717, 1.165) is 32.1 Å². The van der Waals surface area contributed by atoms with Gasteiger partial charge in [-0.2, -0.15) is 0 Å². The molecular weight excluding hydrogens is 313 g/mol. The number of carbonyl (C=O) groups excluding carboxylic acids is 1. The third kappa shape index (κ3) is 6.94. The highest BCUT2D eigenvalue weighted by atomic mass is 31.2. The van der Waals surface area contributed by atoms with Gasteiger partial charge in [0, 0.05) is 18.7 Å². The highest BCUT2D eigenvalue weighted by Crippen LogP contribution is 2.53. The maximum atomic E-state index is 12.9. The molecule has 1 aliphatic carbocycles. The van der Waals surface area contributed by atoms with Crippen molar-refractivity contribution in [3.63, 3.8) is 0 Å². The largest absolute Gasteiger partial charge is 0.465 e. The Kier molecular flexibility index (Phi) is 8.81. The Morgan fingerprint density at radius 2 is 1.91 bits per heavy atom. The molecule has 0 radical (unpaired) electrons. The van der Waals surface area contributed by atoms with Crippen LogP contribution in [0, 0.1) is 5.92 Å². The smallest absolute Gasteiger partial charge is 0.309 e. The molecule has 0 saturated heterocycles. The van der Waals surface area contributed by atoms with E-state index in [9.17, 15) is 9.36 Å². The molecule has 1 rings (SSSR count). The number of hydrogen-bond donors (Lipinski definition) is 1. The lowest BCUT2D eigenvalue weighted by molar-refractivity contribution is -0.149. The zero-order valence-corrected chi connectivity index (χ0v) is 15.9. The summed E-state index contributed by atoms with van der Waals surface area (Å²) in [5.74, 6) is -0.413. The first-order valence-corrected chi connectivity index (χ1v) is 11.1. The van der Waals surface area contributed by atoms with Crippen molar-refractivity contribution in [1.29, 1.82) is 0 Å². The fourth-order valence-electron chi connectivity index (χ4n) is 2.96. The van der Waals surface area contributed by atoms with Crippen molar-refractivity contribution in [1.82, 2.24) is 0 Å². The van der Waals surface area contributed by atoms with Gasteiger partial charge in [0.25, 0.3) is 0 Å². The number of unbranched alkanes of at least 4 members (excludes halogenated alkanes) is 3. The zero-order valence-electron chi connectivity index (χ0n) is 15.0. The van der Waals surface area contributed by atoms with Crippen molar-refractivity contribution in [2.24, 2.45) is 11.7 Å². The van der Waals surface area contributed by atoms with Crippen LogP contribution >= 0.6 is 7.37 Å². The van der Waals surface area contributed by atoms with E-state index < -0.39 is 13.1 Å². The predicted octanol–water partition coefficient (Wildman–Crippen LogP) is 4.29. The van der Waals surface area contributed by atoms with E-state index in [1.807, 2.05) is 6.92 Å². The molecule has 0 aliphatic heterocycles. The van der Waals surface area contributed by atoms with Crippen LogP contribution in [0.15, 0.2) is 0 Å². The van der Waals surface area contributed by atoms with E-state index in [0.29, 0.717) is 38.2 Å². The van der Waals surface area contributed by atoms with Gasteiger partial charge in [0.05, 0.1) is 12.5 Å². The van der Waals surface area contributed by atoms with Gasteiger partial charge in [-0.1, -0.05) is 40.0 Å². The highest BCUT2D eigenvalue weighted by Gasteiger charge is 2.44. The molecule has 1 saturated carbocycles. The average Bonchev–Trinajstić information content (AvgIpc) is 2.89. The summed E-state index contributed by atoms with van der Waals surface area (Å²) in [6, 6.07) is 0. The zero-order chi connectivity index (χ0) is 17.3. The fraction of sp³-hybridized carbons (Fsp3) is 0.941. The lowest BCUT2D eigenvalue weighted by atomic mass is 10.1. The van der Waals surface area contributed by atoms with Crippen molar-refractivity contribution in [3.05, 3.63) is 0 Å². The molecule has 5 nitrogen and oxygen atoms in total. The molecule has 6 heteroatoms. The summed E-state index contributed by atoms with van der Waals surface area (Å²) in [5.41, 5.74) is 5.37. The van der Waals surface area contributed by atoms with Crippen LogP contribution in [0.2, 0.25) is 0 Å². The van der Waals surface area contributed by atoms with Gasteiger partial charge in [-0.05, 0) is 25.7 Å². The van der Waals surface area contributed by atoms with E-state index >= 15 is 0 Å². The number of rotatable bonds is 11. The standard InChI is InChI=1S/C17H34NO4P/c1-4-7-9-13-23(20,6-3)22-17(18)11-10-15(14-17)16(19)21-12-8-5-2/h15H,4-14,18H2,1-3H3/t15-,17+,23?/m0/s1. The van der Waals surface area contributed by atoms with Crippen molar-refractivity contribution in [3.8, 4) is 0 Å². The monoisotopic (exact) mass is 347 g/mol. The summed E-state index contributed by atoms with van der Waals surface area (Å²) in [4.78, 5) is 12.1. The molecule has 0 aromatic heterocycles. The number of carbonyl (C=O) groups is 1. The van der Waals surface area contributed by atoms with Crippen molar-refractivity contribution in [2.45, 2.75) is 77.9 Å². The first-order valence-electron chi connectivity index (χ1n) is 9.12. The van der Waals surface area contributed by atoms with E-state index in [1.165, 1.54) is 0 Å². The third-order valence-electron chi connectivity index (χ3n) is 4.52. The Morgan fingerprint density at radius 3 is 2.52 bits per heavy atom. The number of esters is 1. The van der Waals surface area contributed by atoms with Crippen LogP contribution in [0.5, 0.6) is 0 Å². The Balaban J connectivity index is 2.53. The molecular formula is C17H34NO4P. The number of ether oxygens (including phenoxy) is 1. The summed E-state index contributed by atoms with van der Waals surface area (Å²) < 4.78 is 24.1. The average molecular weight is 347 g/mol. The van der Waals surface area contributed by atoms with Crippen LogP contribution in [0.4, 0.5) is 0 Å². The summed E-state index contributed by atoms with van der Waals surface area (Å²) in [5, 5.41) is 0. The minimum absolute atomic E-state index is 0.188. The van der Waals surface area contributed by atoms with Crippen molar-refractivity contribution >= 4 is 13.3 Å². The molecule has 0 spiro atoms. The minimum atomic E-state index is -2.70. The van der Waals surface area contributed by atoms with E-state index in [-0.39, 0.29) is 11.9 Å². The first-order chi connectivity index (χ1) is 10.9. The van der Waals surface area contributed by atoms with E-state index in [1.54, 1.807) is 0 Å². The minimum Gasteiger partial charge on any atom is -0.465 e. The van der Waals surface area contributed by atoms with Crippen LogP contribution in [-0.2, 0) is 18.6 Å². The Bertz CT molecular complexity index is 415. The summed E-state index contributed by atoms with van der Waals surface area (Å²) >= 11 is 0. The van der Waals surface area contributed by atoms with Crippen LogP contribution in [0.25, 0.3) is 0 Å². The van der Waals surface area contributed by atoms with Gasteiger partial charge < -0.3 is 15.0 Å². The maximum Gasteiger partial charge on any atom is 0.309 e. The summed E-state index contributed by atoms with van der Waals surface area (Å²) in [7, 11) is -2.70. The SMILES string of the molecule is CCCCCP(=O)(CC)O[C@]1(N)CC[C@H](C(=O)OCCCC)C1. The van der Waals surface area contributed by atoms with E-state index in [4.69, 9.17) is 15.0 Å². The molecule has 0 bridgehead atoms. The molecule has 0 aromatic carbocycles. The highest BCUT2D eigenvalue weighted by molar-refractivity contribution is 7.58. The van der Waals surface area contributed by atoms with Crippen LogP contribution in [-0.4, -0.2) is 30.6 Å². The van der Waals surface area contributed by atoms with Gasteiger partial charge in [-0.3, -0.25) is 9.36 Å². The second kappa shape index (κ2) is 9.80. The third-order valence-corrected chi connectivity index (χ3v) is 7.17. The molecule has 2 N–H and O–H groups in total. The summed E-state index contributed by atoms with van der Waals surface area (Å²) in [6.45, 7) is 6.53. The molecule has 23 heavy (non-hydrogen) atoms. The van der Waals surface area contributed by atoms with Gasteiger partial charge >= 0.3 is 5.97 Å². The predicted molar refractivity (Wildman–Crippen MR) is 93.8 cm³/mol. The van der Waals surface area contributed by atoms with Crippen LogP contribution in [0.1, 0.15) is 72.1 Å². The fourth-order valence-corrected chi connectivity index (χ4v) is 5.03. The molecule has 1 fully saturated rings. The second-order valence-electron chi connectivity index (χ2n) is 6.68. The Morgan fingerprint density at radius 1 is 1.22 bits per heavy atom. The number of nitrogens with two attached hydrogens (primary N) is 1. The molecule has 1 unspecified atom stereocenters. The van der Waals surface area contributed by atoms with Gasteiger partial charge in [0.15, 0.2) is 0 Å². The Labute approximate surface area is 141 Å². The first kappa shape index (κ1) is 20.7. The molecule has 0 amide bonds. The van der Waals surface area contributed by atoms with E-state index in [2.05, 4.69) is 13.8 Å². The van der Waals surface area contributed by atoms with Crippen LogP contribution in [0.3, 0.4) is 0 Å². The normalized spacial score (nSPS) is 26.9. The van der Waals surface area contributed by atoms with Crippen LogP contribution < -0.4 is 5.73 Å². The molecule has 0 heterocycles. The quantitative estimate of drug-likeness (QED) is 0.261. The lowest BCUT2D eigenvalue weighted by Gasteiger charge is -2.30. The summed E-state index contributed by atoms with van der Waals surface area (Å²) in [6.07, 6.45) is 7.64. The maximum absolute atomic E-state index is 12.9. The second-order valence-corrected chi connectivity index (χ2v) is 9.57. The molecule has 1 aliphatic rings. The van der Waals surface area contributed by atoms with Gasteiger partial charge in [-0.25, -0.2) is 0 Å². The molecule has 3 atom stereocenters.